The number of hydrogen-bond donors (Lipinski definition) is 0. The molecule has 0 bridgehead atoms. The van der Waals surface area contributed by atoms with Crippen molar-refractivity contribution in [1.29, 1.82) is 0 Å². The van der Waals surface area contributed by atoms with Crippen LogP contribution in [0.2, 0.25) is 0 Å². The normalized spacial score (nSPS) is 11.5. The molecule has 5 nitrogen and oxygen atoms in total. The van der Waals surface area contributed by atoms with Gasteiger partial charge in [0.05, 0.1) is 5.69 Å². The predicted octanol–water partition coefficient (Wildman–Crippen LogP) is 5.52. The van der Waals surface area contributed by atoms with Gasteiger partial charge in [0.1, 0.15) is 18.2 Å². The van der Waals surface area contributed by atoms with Crippen molar-refractivity contribution in [2.24, 2.45) is 0 Å². The Morgan fingerprint density at radius 1 is 0.867 bits per heavy atom. The van der Waals surface area contributed by atoms with Gasteiger partial charge in [0.25, 0.3) is 0 Å². The highest BCUT2D eigenvalue weighted by molar-refractivity contribution is 7.09. The lowest BCUT2D eigenvalue weighted by Gasteiger charge is -2.26. The summed E-state index contributed by atoms with van der Waals surface area (Å²) in [5, 5.41) is 0.719. The van der Waals surface area contributed by atoms with E-state index >= 15 is 0 Å². The molecule has 2 heterocycles. The van der Waals surface area contributed by atoms with Gasteiger partial charge in [-0.25, -0.2) is 15.0 Å². The number of rotatable bonds is 6. The first kappa shape index (κ1) is 20.2. The summed E-state index contributed by atoms with van der Waals surface area (Å²) in [6, 6.07) is 18.9. The number of benzene rings is 2. The Bertz CT molecular complexity index is 1130. The lowest BCUT2D eigenvalue weighted by molar-refractivity contribution is 0.301. The van der Waals surface area contributed by atoms with Crippen molar-refractivity contribution in [3.8, 4) is 16.6 Å². The topological polar surface area (TPSA) is 60.8 Å². The van der Waals surface area contributed by atoms with E-state index in [0.717, 1.165) is 22.3 Å². The number of ether oxygens (including phenoxy) is 1. The highest BCUT2D eigenvalue weighted by Crippen LogP contribution is 2.32. The first-order chi connectivity index (χ1) is 14.4. The molecule has 0 spiro atoms. The Balaban J connectivity index is 1.45. The Morgan fingerprint density at radius 2 is 1.53 bits per heavy atom. The highest BCUT2D eigenvalue weighted by atomic mass is 32.1. The Morgan fingerprint density at radius 3 is 2.17 bits per heavy atom. The van der Waals surface area contributed by atoms with Crippen LogP contribution in [0.4, 0.5) is 0 Å². The zero-order valence-corrected chi connectivity index (χ0v) is 18.4. The zero-order chi connectivity index (χ0) is 21.1. The minimum absolute atomic E-state index is 0.0757. The van der Waals surface area contributed by atoms with Crippen LogP contribution in [0.3, 0.4) is 0 Å². The van der Waals surface area contributed by atoms with Gasteiger partial charge >= 0.3 is 0 Å². The Labute approximate surface area is 181 Å². The summed E-state index contributed by atoms with van der Waals surface area (Å²) >= 11 is 1.30. The molecule has 152 valence electrons. The van der Waals surface area contributed by atoms with Gasteiger partial charge < -0.3 is 4.74 Å². The molecule has 0 N–H and O–H groups in total. The molecule has 4 rings (SSSR count). The van der Waals surface area contributed by atoms with Gasteiger partial charge in [0.2, 0.25) is 0 Å². The molecule has 0 aliphatic carbocycles. The van der Waals surface area contributed by atoms with Crippen LogP contribution in [0.1, 0.15) is 42.1 Å². The Kier molecular flexibility index (Phi) is 5.59. The van der Waals surface area contributed by atoms with Crippen LogP contribution >= 0.6 is 11.5 Å². The summed E-state index contributed by atoms with van der Waals surface area (Å²) in [4.78, 5) is 13.2. The van der Waals surface area contributed by atoms with Gasteiger partial charge in [0.15, 0.2) is 10.8 Å². The summed E-state index contributed by atoms with van der Waals surface area (Å²) < 4.78 is 10.1. The molecule has 2 aromatic carbocycles. The fourth-order valence-electron chi connectivity index (χ4n) is 3.23. The average Bonchev–Trinajstić information content (AvgIpc) is 3.19. The second-order valence-corrected chi connectivity index (χ2v) is 8.57. The van der Waals surface area contributed by atoms with E-state index in [0.29, 0.717) is 12.4 Å². The maximum Gasteiger partial charge on any atom is 0.190 e. The van der Waals surface area contributed by atoms with E-state index in [1.165, 1.54) is 28.2 Å². The summed E-state index contributed by atoms with van der Waals surface area (Å²) in [6.07, 6.45) is 1.73. The second-order valence-electron chi connectivity index (χ2n) is 7.82. The van der Waals surface area contributed by atoms with Crippen LogP contribution in [0, 0.1) is 13.8 Å². The summed E-state index contributed by atoms with van der Waals surface area (Å²) in [6.45, 7) is 8.82. The van der Waals surface area contributed by atoms with Crippen LogP contribution in [-0.2, 0) is 12.0 Å². The quantitative estimate of drug-likeness (QED) is 0.414. The molecule has 0 fully saturated rings. The molecule has 0 amide bonds. The largest absolute Gasteiger partial charge is 0.487 e. The van der Waals surface area contributed by atoms with Crippen LogP contribution in [0.15, 0.2) is 60.8 Å². The molecule has 0 atom stereocenters. The summed E-state index contributed by atoms with van der Waals surface area (Å²) in [5.41, 5.74) is 4.54. The standard InChI is InChI=1S/C24H24N4OS/c1-16-5-7-18(8-6-16)24(3,4)19-9-11-21(12-10-19)29-15-20-13-14-25-22(27-20)23-26-17(2)28-30-23/h5-14H,15H2,1-4H3. The van der Waals surface area contributed by atoms with Gasteiger partial charge in [0, 0.05) is 11.6 Å². The molecule has 0 unspecified atom stereocenters. The van der Waals surface area contributed by atoms with E-state index in [1.54, 1.807) is 6.20 Å². The molecular weight excluding hydrogens is 392 g/mol. The van der Waals surface area contributed by atoms with Gasteiger partial charge in [-0.15, -0.1) is 0 Å². The highest BCUT2D eigenvalue weighted by Gasteiger charge is 2.22. The van der Waals surface area contributed by atoms with E-state index < -0.39 is 0 Å². The van der Waals surface area contributed by atoms with Gasteiger partial charge in [-0.1, -0.05) is 55.8 Å². The molecule has 0 saturated heterocycles. The predicted molar refractivity (Wildman–Crippen MR) is 120 cm³/mol. The van der Waals surface area contributed by atoms with Gasteiger partial charge in [-0.2, -0.15) is 4.37 Å². The first-order valence-corrected chi connectivity index (χ1v) is 10.6. The second kappa shape index (κ2) is 8.32. The summed E-state index contributed by atoms with van der Waals surface area (Å²) in [5.74, 6) is 2.12. The number of aromatic nitrogens is 4. The molecule has 4 aromatic rings. The van der Waals surface area contributed by atoms with Crippen molar-refractivity contribution in [1.82, 2.24) is 19.3 Å². The molecular formula is C24H24N4OS. The zero-order valence-electron chi connectivity index (χ0n) is 17.6. The lowest BCUT2D eigenvalue weighted by Crippen LogP contribution is -2.18. The van der Waals surface area contributed by atoms with Crippen LogP contribution in [-0.4, -0.2) is 19.3 Å². The maximum atomic E-state index is 5.95. The van der Waals surface area contributed by atoms with Crippen molar-refractivity contribution in [2.45, 2.75) is 39.7 Å². The fourth-order valence-corrected chi connectivity index (χ4v) is 3.84. The van der Waals surface area contributed by atoms with Crippen LogP contribution in [0.5, 0.6) is 5.75 Å². The van der Waals surface area contributed by atoms with Crippen LogP contribution < -0.4 is 4.74 Å². The first-order valence-electron chi connectivity index (χ1n) is 9.85. The monoisotopic (exact) mass is 416 g/mol. The van der Waals surface area contributed by atoms with Gasteiger partial charge in [-0.05, 0) is 54.7 Å². The third kappa shape index (κ3) is 4.39. The number of hydrogen-bond acceptors (Lipinski definition) is 6. The van der Waals surface area contributed by atoms with E-state index in [-0.39, 0.29) is 5.41 Å². The van der Waals surface area contributed by atoms with Crippen molar-refractivity contribution in [3.63, 3.8) is 0 Å². The SMILES string of the molecule is Cc1ccc(C(C)(C)c2ccc(OCc3ccnc(-c4nc(C)ns4)n3)cc2)cc1. The smallest absolute Gasteiger partial charge is 0.190 e. The maximum absolute atomic E-state index is 5.95. The number of aryl methyl sites for hydroxylation is 2. The van der Waals surface area contributed by atoms with Crippen molar-refractivity contribution >= 4 is 11.5 Å². The minimum atomic E-state index is -0.0757. The minimum Gasteiger partial charge on any atom is -0.487 e. The van der Waals surface area contributed by atoms with Gasteiger partial charge in [-0.3, -0.25) is 0 Å². The third-order valence-corrected chi connectivity index (χ3v) is 5.97. The molecule has 0 aliphatic rings. The average molecular weight is 417 g/mol. The van der Waals surface area contributed by atoms with Crippen molar-refractivity contribution in [2.75, 3.05) is 0 Å². The molecule has 30 heavy (non-hydrogen) atoms. The molecule has 0 radical (unpaired) electrons. The van der Waals surface area contributed by atoms with E-state index in [1.807, 2.05) is 25.1 Å². The Hall–Kier alpha value is -3.12. The summed E-state index contributed by atoms with van der Waals surface area (Å²) in [7, 11) is 0. The number of nitrogens with zero attached hydrogens (tertiary/aromatic N) is 4. The fraction of sp³-hybridized carbons (Fsp3) is 0.250. The lowest BCUT2D eigenvalue weighted by atomic mass is 9.78. The molecule has 6 heteroatoms. The molecule has 0 saturated carbocycles. The molecule has 0 aliphatic heterocycles. The van der Waals surface area contributed by atoms with E-state index in [9.17, 15) is 0 Å². The van der Waals surface area contributed by atoms with E-state index in [2.05, 4.69) is 76.5 Å². The third-order valence-electron chi connectivity index (χ3n) is 5.17. The van der Waals surface area contributed by atoms with Crippen molar-refractivity contribution < 1.29 is 4.74 Å². The van der Waals surface area contributed by atoms with Crippen molar-refractivity contribution in [3.05, 3.63) is 89.0 Å². The van der Waals surface area contributed by atoms with E-state index in [4.69, 9.17) is 4.74 Å². The molecule has 2 aromatic heterocycles. The van der Waals surface area contributed by atoms with Crippen LogP contribution in [0.25, 0.3) is 10.8 Å².